The molecule has 1 aliphatic heterocycles. The summed E-state index contributed by atoms with van der Waals surface area (Å²) in [6, 6.07) is 0.830. The molecule has 116 valence electrons. The Morgan fingerprint density at radius 2 is 1.75 bits per heavy atom. The third-order valence-electron chi connectivity index (χ3n) is 5.07. The van der Waals surface area contributed by atoms with Gasteiger partial charge in [0.2, 0.25) is 0 Å². The summed E-state index contributed by atoms with van der Waals surface area (Å²) < 4.78 is 37.9. The number of nitrogens with zero attached hydrogens (tertiary/aromatic N) is 1. The molecule has 2 saturated carbocycles. The zero-order chi connectivity index (χ0) is 14.2. The number of hydrogen-bond donors (Lipinski definition) is 1. The Labute approximate surface area is 119 Å². The monoisotopic (exact) mass is 290 g/mol. The molecule has 0 aromatic heterocycles. The van der Waals surface area contributed by atoms with Gasteiger partial charge in [-0.25, -0.2) is 0 Å². The van der Waals surface area contributed by atoms with Gasteiger partial charge < -0.3 is 5.32 Å². The predicted molar refractivity (Wildman–Crippen MR) is 72.5 cm³/mol. The van der Waals surface area contributed by atoms with Crippen molar-refractivity contribution < 1.29 is 13.2 Å². The van der Waals surface area contributed by atoms with E-state index in [4.69, 9.17) is 0 Å². The molecule has 1 saturated heterocycles. The zero-order valence-electron chi connectivity index (χ0n) is 12.0. The number of likely N-dealkylation sites (tertiary alicyclic amines) is 1. The van der Waals surface area contributed by atoms with Crippen LogP contribution in [0.1, 0.15) is 44.9 Å². The van der Waals surface area contributed by atoms with Gasteiger partial charge in [0, 0.05) is 31.6 Å². The molecule has 3 fully saturated rings. The molecular weight excluding hydrogens is 265 g/mol. The minimum atomic E-state index is -4.02. The second kappa shape index (κ2) is 5.84. The van der Waals surface area contributed by atoms with Crippen LogP contribution in [0, 0.1) is 11.8 Å². The summed E-state index contributed by atoms with van der Waals surface area (Å²) in [6.45, 7) is 2.60. The number of piperidine rings is 1. The Morgan fingerprint density at radius 3 is 2.30 bits per heavy atom. The molecule has 3 aliphatic rings. The van der Waals surface area contributed by atoms with Crippen molar-refractivity contribution in [2.75, 3.05) is 19.6 Å². The van der Waals surface area contributed by atoms with Gasteiger partial charge in [0.25, 0.3) is 0 Å². The van der Waals surface area contributed by atoms with Crippen molar-refractivity contribution in [3.63, 3.8) is 0 Å². The molecule has 0 spiro atoms. The average molecular weight is 290 g/mol. The van der Waals surface area contributed by atoms with Gasteiger partial charge in [0.05, 0.1) is 0 Å². The number of halogens is 3. The Balaban J connectivity index is 1.51. The molecule has 3 rings (SSSR count). The molecule has 2 unspecified atom stereocenters. The van der Waals surface area contributed by atoms with Crippen molar-refractivity contribution in [3.05, 3.63) is 0 Å². The van der Waals surface area contributed by atoms with E-state index >= 15 is 0 Å². The van der Waals surface area contributed by atoms with E-state index in [2.05, 4.69) is 10.2 Å². The maximum absolute atomic E-state index is 12.6. The lowest BCUT2D eigenvalue weighted by molar-refractivity contribution is -0.149. The Morgan fingerprint density at radius 1 is 1.00 bits per heavy atom. The van der Waals surface area contributed by atoms with Crippen LogP contribution in [0.15, 0.2) is 0 Å². The number of alkyl halides is 3. The smallest absolute Gasteiger partial charge is 0.312 e. The molecule has 5 heteroatoms. The van der Waals surface area contributed by atoms with Gasteiger partial charge in [-0.3, -0.25) is 4.90 Å². The molecule has 2 nitrogen and oxygen atoms in total. The minimum absolute atomic E-state index is 0.219. The highest BCUT2D eigenvalue weighted by atomic mass is 19.4. The fourth-order valence-electron chi connectivity index (χ4n) is 3.63. The van der Waals surface area contributed by atoms with E-state index in [1.807, 2.05) is 0 Å². The third kappa shape index (κ3) is 4.10. The topological polar surface area (TPSA) is 15.3 Å². The van der Waals surface area contributed by atoms with Gasteiger partial charge in [0.1, 0.15) is 0 Å². The molecule has 0 aromatic carbocycles. The summed E-state index contributed by atoms with van der Waals surface area (Å²) in [7, 11) is 0. The first-order valence-electron chi connectivity index (χ1n) is 8.04. The maximum Gasteiger partial charge on any atom is 0.389 e. The summed E-state index contributed by atoms with van der Waals surface area (Å²) in [6.07, 6.45) is 2.31. The predicted octanol–water partition coefficient (Wildman–Crippen LogP) is 3.18. The van der Waals surface area contributed by atoms with Crippen molar-refractivity contribution in [3.8, 4) is 0 Å². The van der Waals surface area contributed by atoms with Crippen molar-refractivity contribution in [1.29, 1.82) is 0 Å². The van der Waals surface area contributed by atoms with E-state index in [1.165, 1.54) is 32.1 Å². The van der Waals surface area contributed by atoms with Gasteiger partial charge >= 0.3 is 6.18 Å². The highest BCUT2D eigenvalue weighted by Crippen LogP contribution is 2.35. The lowest BCUT2D eigenvalue weighted by Gasteiger charge is -2.39. The summed E-state index contributed by atoms with van der Waals surface area (Å²) in [5.74, 6) is 0.551. The first kappa shape index (κ1) is 14.6. The van der Waals surface area contributed by atoms with Crippen LogP contribution in [0.2, 0.25) is 0 Å². The molecule has 2 aliphatic carbocycles. The fraction of sp³-hybridized carbons (Fsp3) is 1.00. The van der Waals surface area contributed by atoms with Crippen LogP contribution in [0.3, 0.4) is 0 Å². The van der Waals surface area contributed by atoms with Crippen LogP contribution in [0.25, 0.3) is 0 Å². The van der Waals surface area contributed by atoms with Crippen molar-refractivity contribution >= 4 is 0 Å². The van der Waals surface area contributed by atoms with Crippen LogP contribution >= 0.6 is 0 Å². The first-order chi connectivity index (χ1) is 9.49. The SMILES string of the molecule is FC(F)(F)CC1CC(NCC2CCC2)CN(C2CC2)C1. The quantitative estimate of drug-likeness (QED) is 0.836. The highest BCUT2D eigenvalue weighted by molar-refractivity contribution is 4.93. The molecule has 0 amide bonds. The summed E-state index contributed by atoms with van der Waals surface area (Å²) in [5, 5.41) is 3.54. The molecular formula is C15H25F3N2. The van der Waals surface area contributed by atoms with Crippen molar-refractivity contribution in [1.82, 2.24) is 10.2 Å². The van der Waals surface area contributed by atoms with Crippen LogP contribution in [0.4, 0.5) is 13.2 Å². The number of rotatable bonds is 5. The van der Waals surface area contributed by atoms with E-state index < -0.39 is 12.6 Å². The number of hydrogen-bond acceptors (Lipinski definition) is 2. The third-order valence-corrected chi connectivity index (χ3v) is 5.07. The van der Waals surface area contributed by atoms with Crippen molar-refractivity contribution in [2.24, 2.45) is 11.8 Å². The average Bonchev–Trinajstić information content (AvgIpc) is 3.07. The minimum Gasteiger partial charge on any atom is -0.312 e. The number of nitrogens with one attached hydrogen (secondary N) is 1. The second-order valence-corrected chi connectivity index (χ2v) is 7.01. The van der Waals surface area contributed by atoms with Gasteiger partial charge in [0.15, 0.2) is 0 Å². The zero-order valence-corrected chi connectivity index (χ0v) is 12.0. The fourth-order valence-corrected chi connectivity index (χ4v) is 3.63. The first-order valence-corrected chi connectivity index (χ1v) is 8.04. The molecule has 0 aromatic rings. The van der Waals surface area contributed by atoms with Gasteiger partial charge in [-0.15, -0.1) is 0 Å². The van der Waals surface area contributed by atoms with Crippen LogP contribution in [0.5, 0.6) is 0 Å². The van der Waals surface area contributed by atoms with E-state index in [9.17, 15) is 13.2 Å². The largest absolute Gasteiger partial charge is 0.389 e. The van der Waals surface area contributed by atoms with Gasteiger partial charge in [-0.2, -0.15) is 13.2 Å². The molecule has 1 heterocycles. The van der Waals surface area contributed by atoms with E-state index in [1.54, 1.807) is 0 Å². The highest BCUT2D eigenvalue weighted by Gasteiger charge is 2.40. The molecule has 1 N–H and O–H groups in total. The van der Waals surface area contributed by atoms with Crippen LogP contribution in [-0.4, -0.2) is 42.8 Å². The Kier molecular flexibility index (Phi) is 4.27. The van der Waals surface area contributed by atoms with Crippen molar-refractivity contribution in [2.45, 2.75) is 63.2 Å². The Hall–Kier alpha value is -0.290. The van der Waals surface area contributed by atoms with E-state index in [-0.39, 0.29) is 12.0 Å². The van der Waals surface area contributed by atoms with Gasteiger partial charge in [-0.05, 0) is 50.5 Å². The van der Waals surface area contributed by atoms with Crippen LogP contribution in [-0.2, 0) is 0 Å². The van der Waals surface area contributed by atoms with Gasteiger partial charge in [-0.1, -0.05) is 6.42 Å². The molecule has 20 heavy (non-hydrogen) atoms. The van der Waals surface area contributed by atoms with E-state index in [0.717, 1.165) is 19.0 Å². The molecule has 0 bridgehead atoms. The maximum atomic E-state index is 12.6. The summed E-state index contributed by atoms with van der Waals surface area (Å²) in [5.41, 5.74) is 0. The second-order valence-electron chi connectivity index (χ2n) is 7.01. The normalized spacial score (nSPS) is 33.1. The summed E-state index contributed by atoms with van der Waals surface area (Å²) in [4.78, 5) is 2.30. The van der Waals surface area contributed by atoms with Crippen LogP contribution < -0.4 is 5.32 Å². The lowest BCUT2D eigenvalue weighted by atomic mass is 9.84. The molecule has 0 radical (unpaired) electrons. The lowest BCUT2D eigenvalue weighted by Crippen LogP contribution is -2.51. The summed E-state index contributed by atoms with van der Waals surface area (Å²) >= 11 is 0. The van der Waals surface area contributed by atoms with E-state index in [0.29, 0.717) is 19.0 Å². The Bertz CT molecular complexity index is 324. The standard InChI is InChI=1S/C15H25F3N2/c16-15(17,18)7-12-6-13(19-8-11-2-1-3-11)10-20(9-12)14-4-5-14/h11-14,19H,1-10H2. The molecule has 2 atom stereocenters.